The van der Waals surface area contributed by atoms with Gasteiger partial charge in [-0.25, -0.2) is 0 Å². The van der Waals surface area contributed by atoms with Crippen molar-refractivity contribution in [3.05, 3.63) is 69.3 Å². The molecule has 2 aromatic rings. The highest BCUT2D eigenvalue weighted by Gasteiger charge is 2.27. The number of carbonyl (C=O) groups is 2. The van der Waals surface area contributed by atoms with Crippen molar-refractivity contribution in [2.45, 2.75) is 20.0 Å². The van der Waals surface area contributed by atoms with E-state index in [1.54, 1.807) is 12.1 Å². The Balaban J connectivity index is 2.45. The predicted molar refractivity (Wildman–Crippen MR) is 85.2 cm³/mol. The number of carbonyl (C=O) groups excluding carboxylic acids is 1. The molecule has 24 heavy (non-hydrogen) atoms. The van der Waals surface area contributed by atoms with Gasteiger partial charge in [-0.3, -0.25) is 19.7 Å². The van der Waals surface area contributed by atoms with Gasteiger partial charge in [-0.05, 0) is 24.6 Å². The van der Waals surface area contributed by atoms with E-state index in [0.29, 0.717) is 0 Å². The summed E-state index contributed by atoms with van der Waals surface area (Å²) in [6.07, 6.45) is -0.631. The minimum Gasteiger partial charge on any atom is -0.482 e. The Morgan fingerprint density at radius 2 is 1.83 bits per heavy atom. The lowest BCUT2D eigenvalue weighted by molar-refractivity contribution is -0.386. The molecule has 0 aromatic heterocycles. The van der Waals surface area contributed by atoms with E-state index >= 15 is 0 Å². The van der Waals surface area contributed by atoms with Crippen molar-refractivity contribution in [3.8, 4) is 5.75 Å². The molecule has 0 bridgehead atoms. The Morgan fingerprint density at radius 3 is 2.38 bits per heavy atom. The Bertz CT molecular complexity index is 785. The third kappa shape index (κ3) is 3.95. The fourth-order valence-corrected chi connectivity index (χ4v) is 2.33. The normalized spacial score (nSPS) is 10.2. The topological polar surface area (TPSA) is 107 Å². The Hall–Kier alpha value is -3.22. The molecular weight excluding hydrogens is 314 g/mol. The van der Waals surface area contributed by atoms with E-state index in [9.17, 15) is 19.7 Å². The summed E-state index contributed by atoms with van der Waals surface area (Å²) in [5, 5.41) is 20.4. The molecule has 2 aromatic carbocycles. The first-order valence-electron chi connectivity index (χ1n) is 7.10. The van der Waals surface area contributed by atoms with Crippen molar-refractivity contribution in [1.29, 1.82) is 0 Å². The number of ether oxygens (including phenoxy) is 1. The standard InChI is InChI=1S/C17H15NO6/c1-11(19)13-7-8-15(24-10-12-5-3-2-4-6-12)17(18(22)23)14(13)9-16(20)21/h2-8H,9-10H2,1H3,(H,20,21). The molecule has 0 atom stereocenters. The molecule has 0 aliphatic heterocycles. The molecule has 0 radical (unpaired) electrons. The maximum Gasteiger partial charge on any atom is 0.315 e. The van der Waals surface area contributed by atoms with Crippen molar-refractivity contribution >= 4 is 17.4 Å². The molecule has 0 spiro atoms. The van der Waals surface area contributed by atoms with Crippen molar-refractivity contribution < 1.29 is 24.4 Å². The highest BCUT2D eigenvalue weighted by molar-refractivity contribution is 5.98. The minimum absolute atomic E-state index is 0.0103. The number of nitro benzene ring substituents is 1. The number of nitrogens with zero attached hydrogens (tertiary/aromatic N) is 1. The van der Waals surface area contributed by atoms with Gasteiger partial charge < -0.3 is 9.84 Å². The number of carboxylic acid groups (broad SMARTS) is 1. The zero-order valence-electron chi connectivity index (χ0n) is 12.9. The van der Waals surface area contributed by atoms with Crippen LogP contribution in [0, 0.1) is 10.1 Å². The first-order valence-corrected chi connectivity index (χ1v) is 7.10. The maximum atomic E-state index is 11.7. The van der Waals surface area contributed by atoms with Gasteiger partial charge in [0.1, 0.15) is 6.61 Å². The minimum atomic E-state index is -1.26. The summed E-state index contributed by atoms with van der Waals surface area (Å²) in [6, 6.07) is 11.7. The maximum absolute atomic E-state index is 11.7. The number of carboxylic acids is 1. The third-order valence-electron chi connectivity index (χ3n) is 3.37. The van der Waals surface area contributed by atoms with Gasteiger partial charge in [0.05, 0.1) is 16.9 Å². The zero-order valence-corrected chi connectivity index (χ0v) is 12.9. The molecule has 1 N–H and O–H groups in total. The van der Waals surface area contributed by atoms with Crippen LogP contribution in [0.3, 0.4) is 0 Å². The molecule has 0 saturated heterocycles. The summed E-state index contributed by atoms with van der Waals surface area (Å²) in [4.78, 5) is 33.4. The summed E-state index contributed by atoms with van der Waals surface area (Å²) in [6.45, 7) is 1.32. The van der Waals surface area contributed by atoms with Crippen LogP contribution in [0.25, 0.3) is 0 Å². The van der Waals surface area contributed by atoms with Crippen LogP contribution in [0.1, 0.15) is 28.4 Å². The number of rotatable bonds is 7. The number of Topliss-reactive ketones (excluding diaryl/α,β-unsaturated/α-hetero) is 1. The Labute approximate surface area is 137 Å². The molecule has 0 unspecified atom stereocenters. The summed E-state index contributed by atoms with van der Waals surface area (Å²) in [5.41, 5.74) is 0.185. The first kappa shape index (κ1) is 17.1. The van der Waals surface area contributed by atoms with Crippen LogP contribution >= 0.6 is 0 Å². The van der Waals surface area contributed by atoms with Gasteiger partial charge in [-0.2, -0.15) is 0 Å². The van der Waals surface area contributed by atoms with Gasteiger partial charge in [0, 0.05) is 5.56 Å². The van der Waals surface area contributed by atoms with Crippen LogP contribution in [0.4, 0.5) is 5.69 Å². The van der Waals surface area contributed by atoms with Gasteiger partial charge in [-0.1, -0.05) is 30.3 Å². The predicted octanol–water partition coefficient (Wildman–Crippen LogP) is 3.00. The molecule has 0 aliphatic carbocycles. The van der Waals surface area contributed by atoms with Crippen molar-refractivity contribution in [2.24, 2.45) is 0 Å². The monoisotopic (exact) mass is 329 g/mol. The molecule has 0 heterocycles. The Morgan fingerprint density at radius 1 is 1.17 bits per heavy atom. The number of nitro groups is 1. The van der Waals surface area contributed by atoms with Gasteiger partial charge in [-0.15, -0.1) is 0 Å². The Kier molecular flexibility index (Phi) is 5.26. The van der Waals surface area contributed by atoms with E-state index in [0.717, 1.165) is 5.56 Å². The second-order valence-electron chi connectivity index (χ2n) is 5.10. The van der Waals surface area contributed by atoms with Crippen LogP contribution in [0.2, 0.25) is 0 Å². The SMILES string of the molecule is CC(=O)c1ccc(OCc2ccccc2)c([N+](=O)[O-])c1CC(=O)O. The molecule has 0 amide bonds. The van der Waals surface area contributed by atoms with Crippen LogP contribution in [-0.4, -0.2) is 21.8 Å². The van der Waals surface area contributed by atoms with Gasteiger partial charge >= 0.3 is 11.7 Å². The molecule has 7 heteroatoms. The van der Waals surface area contributed by atoms with Crippen LogP contribution < -0.4 is 4.74 Å². The van der Waals surface area contributed by atoms with E-state index in [-0.39, 0.29) is 23.5 Å². The fourth-order valence-electron chi connectivity index (χ4n) is 2.33. The second-order valence-corrected chi connectivity index (χ2v) is 5.10. The molecule has 124 valence electrons. The van der Waals surface area contributed by atoms with E-state index < -0.39 is 28.8 Å². The van der Waals surface area contributed by atoms with Gasteiger partial charge in [0.15, 0.2) is 11.5 Å². The average molecular weight is 329 g/mol. The first-order chi connectivity index (χ1) is 11.4. The summed E-state index contributed by atoms with van der Waals surface area (Å²) >= 11 is 0. The fraction of sp³-hybridized carbons (Fsp3) is 0.176. The van der Waals surface area contributed by atoms with Crippen LogP contribution in [0.15, 0.2) is 42.5 Å². The lowest BCUT2D eigenvalue weighted by Gasteiger charge is -2.12. The third-order valence-corrected chi connectivity index (χ3v) is 3.37. The smallest absolute Gasteiger partial charge is 0.315 e. The second kappa shape index (κ2) is 7.36. The number of aliphatic carboxylic acids is 1. The molecule has 7 nitrogen and oxygen atoms in total. The number of benzene rings is 2. The molecule has 0 aliphatic rings. The van der Waals surface area contributed by atoms with E-state index in [1.165, 1.54) is 19.1 Å². The average Bonchev–Trinajstić information content (AvgIpc) is 2.52. The highest BCUT2D eigenvalue weighted by atomic mass is 16.6. The highest BCUT2D eigenvalue weighted by Crippen LogP contribution is 2.34. The summed E-state index contributed by atoms with van der Waals surface area (Å²) in [5.74, 6) is -1.77. The molecule has 0 fully saturated rings. The van der Waals surface area contributed by atoms with Crippen LogP contribution in [-0.2, 0) is 17.8 Å². The van der Waals surface area contributed by atoms with E-state index in [4.69, 9.17) is 9.84 Å². The zero-order chi connectivity index (χ0) is 17.7. The van der Waals surface area contributed by atoms with E-state index in [2.05, 4.69) is 0 Å². The lowest BCUT2D eigenvalue weighted by Crippen LogP contribution is -2.11. The van der Waals surface area contributed by atoms with Crippen molar-refractivity contribution in [2.75, 3.05) is 0 Å². The molecule has 2 rings (SSSR count). The largest absolute Gasteiger partial charge is 0.482 e. The summed E-state index contributed by atoms with van der Waals surface area (Å²) < 4.78 is 5.50. The number of ketones is 1. The number of hydrogen-bond donors (Lipinski definition) is 1. The van der Waals surface area contributed by atoms with Gasteiger partial charge in [0.2, 0.25) is 0 Å². The lowest BCUT2D eigenvalue weighted by atomic mass is 9.99. The summed E-state index contributed by atoms with van der Waals surface area (Å²) in [7, 11) is 0. The van der Waals surface area contributed by atoms with Crippen molar-refractivity contribution in [3.63, 3.8) is 0 Å². The quantitative estimate of drug-likeness (QED) is 0.475. The molecular formula is C17H15NO6. The van der Waals surface area contributed by atoms with Crippen LogP contribution in [0.5, 0.6) is 5.75 Å². The molecule has 0 saturated carbocycles. The van der Waals surface area contributed by atoms with E-state index in [1.807, 2.05) is 18.2 Å². The van der Waals surface area contributed by atoms with Crippen molar-refractivity contribution in [1.82, 2.24) is 0 Å². The number of hydrogen-bond acceptors (Lipinski definition) is 5. The van der Waals surface area contributed by atoms with Gasteiger partial charge in [0.25, 0.3) is 0 Å².